The lowest BCUT2D eigenvalue weighted by atomic mass is 9.86. The summed E-state index contributed by atoms with van der Waals surface area (Å²) in [4.78, 5) is 0. The smallest absolute Gasteiger partial charge is 0.130 e. The minimum Gasteiger partial charge on any atom is -0.242 e. The van der Waals surface area contributed by atoms with Crippen molar-refractivity contribution in [3.05, 3.63) is 35.9 Å². The van der Waals surface area contributed by atoms with Crippen molar-refractivity contribution in [3.8, 4) is 0 Å². The number of rotatable bonds is 1. The number of benzene rings is 1. The Hall–Kier alpha value is -0.850. The van der Waals surface area contributed by atoms with Gasteiger partial charge in [-0.05, 0) is 11.0 Å². The van der Waals surface area contributed by atoms with Crippen LogP contribution >= 0.6 is 0 Å². The van der Waals surface area contributed by atoms with Crippen LogP contribution in [-0.2, 0) is 0 Å². The van der Waals surface area contributed by atoms with Gasteiger partial charge < -0.3 is 0 Å². The van der Waals surface area contributed by atoms with Gasteiger partial charge in [-0.2, -0.15) is 0 Å². The first-order valence-electron chi connectivity index (χ1n) is 4.21. The molecule has 0 bridgehead atoms. The summed E-state index contributed by atoms with van der Waals surface area (Å²) in [7, 11) is 0. The Kier molecular flexibility index (Phi) is 2.51. The molecule has 0 fully saturated rings. The van der Waals surface area contributed by atoms with Crippen LogP contribution in [0.15, 0.2) is 30.3 Å². The third-order valence-electron chi connectivity index (χ3n) is 1.85. The first-order valence-corrected chi connectivity index (χ1v) is 4.21. The molecule has 12 heavy (non-hydrogen) atoms. The summed E-state index contributed by atoms with van der Waals surface area (Å²) in [6, 6.07) is 9.30. The standard InChI is InChI=1S/C11H15F/c1-11(2,3)10(12)9-7-5-4-6-8-9/h4-8,10H,1-3H3/t10-/m1/s1. The first-order chi connectivity index (χ1) is 5.52. The average Bonchev–Trinajstić information content (AvgIpc) is 2.03. The molecule has 0 aromatic heterocycles. The highest BCUT2D eigenvalue weighted by Gasteiger charge is 2.25. The second-order valence-corrected chi connectivity index (χ2v) is 4.14. The Balaban J connectivity index is 2.86. The SMILES string of the molecule is CC(C)(C)[C@H](F)c1ccccc1. The van der Waals surface area contributed by atoms with E-state index in [1.54, 1.807) is 0 Å². The van der Waals surface area contributed by atoms with Crippen molar-refractivity contribution in [2.24, 2.45) is 5.41 Å². The third-order valence-corrected chi connectivity index (χ3v) is 1.85. The van der Waals surface area contributed by atoms with Gasteiger partial charge in [-0.3, -0.25) is 0 Å². The van der Waals surface area contributed by atoms with Crippen molar-refractivity contribution >= 4 is 0 Å². The molecule has 0 aliphatic rings. The Morgan fingerprint density at radius 2 is 1.58 bits per heavy atom. The van der Waals surface area contributed by atoms with Crippen LogP contribution < -0.4 is 0 Å². The highest BCUT2D eigenvalue weighted by molar-refractivity contribution is 5.18. The maximum atomic E-state index is 13.6. The normalized spacial score (nSPS) is 14.3. The van der Waals surface area contributed by atoms with Gasteiger partial charge in [-0.1, -0.05) is 51.1 Å². The molecule has 1 aromatic rings. The van der Waals surface area contributed by atoms with E-state index in [1.807, 2.05) is 51.1 Å². The molecule has 0 N–H and O–H groups in total. The van der Waals surface area contributed by atoms with E-state index in [4.69, 9.17) is 0 Å². The lowest BCUT2D eigenvalue weighted by molar-refractivity contribution is 0.165. The largest absolute Gasteiger partial charge is 0.242 e. The van der Waals surface area contributed by atoms with Gasteiger partial charge in [0.25, 0.3) is 0 Å². The quantitative estimate of drug-likeness (QED) is 0.596. The van der Waals surface area contributed by atoms with Gasteiger partial charge in [-0.15, -0.1) is 0 Å². The van der Waals surface area contributed by atoms with Crippen molar-refractivity contribution in [1.82, 2.24) is 0 Å². The van der Waals surface area contributed by atoms with Crippen LogP contribution in [0.5, 0.6) is 0 Å². The zero-order chi connectivity index (χ0) is 9.19. The molecule has 0 nitrogen and oxygen atoms in total. The molecule has 1 aromatic carbocycles. The summed E-state index contributed by atoms with van der Waals surface area (Å²) in [5.41, 5.74) is 0.464. The second kappa shape index (κ2) is 3.26. The fraction of sp³-hybridized carbons (Fsp3) is 0.455. The van der Waals surface area contributed by atoms with Crippen molar-refractivity contribution in [2.45, 2.75) is 26.9 Å². The molecule has 1 atom stereocenters. The van der Waals surface area contributed by atoms with E-state index in [9.17, 15) is 4.39 Å². The lowest BCUT2D eigenvalue weighted by Gasteiger charge is -2.23. The highest BCUT2D eigenvalue weighted by Crippen LogP contribution is 2.35. The molecule has 0 saturated heterocycles. The molecule has 0 amide bonds. The van der Waals surface area contributed by atoms with Crippen LogP contribution in [-0.4, -0.2) is 0 Å². The number of hydrogen-bond donors (Lipinski definition) is 0. The first kappa shape index (κ1) is 9.24. The van der Waals surface area contributed by atoms with Crippen LogP contribution in [0.3, 0.4) is 0 Å². The molecule has 1 rings (SSSR count). The maximum absolute atomic E-state index is 13.6. The third kappa shape index (κ3) is 2.07. The highest BCUT2D eigenvalue weighted by atomic mass is 19.1. The maximum Gasteiger partial charge on any atom is 0.130 e. The van der Waals surface area contributed by atoms with Crippen LogP contribution in [0.25, 0.3) is 0 Å². The second-order valence-electron chi connectivity index (χ2n) is 4.14. The topological polar surface area (TPSA) is 0 Å². The van der Waals surface area contributed by atoms with E-state index in [0.29, 0.717) is 0 Å². The van der Waals surface area contributed by atoms with Crippen molar-refractivity contribution < 1.29 is 4.39 Å². The molecular weight excluding hydrogens is 151 g/mol. The van der Waals surface area contributed by atoms with Crippen molar-refractivity contribution in [2.75, 3.05) is 0 Å². The summed E-state index contributed by atoms with van der Waals surface area (Å²) >= 11 is 0. The Labute approximate surface area is 73.4 Å². The zero-order valence-corrected chi connectivity index (χ0v) is 7.84. The summed E-state index contributed by atoms with van der Waals surface area (Å²) in [6.07, 6.45) is -0.876. The Morgan fingerprint density at radius 3 is 2.00 bits per heavy atom. The van der Waals surface area contributed by atoms with Crippen LogP contribution in [0.1, 0.15) is 32.5 Å². The van der Waals surface area contributed by atoms with E-state index in [1.165, 1.54) is 0 Å². The van der Waals surface area contributed by atoms with Gasteiger partial charge in [0.1, 0.15) is 6.17 Å². The Morgan fingerprint density at radius 1 is 1.08 bits per heavy atom. The minimum atomic E-state index is -0.876. The van der Waals surface area contributed by atoms with Crippen molar-refractivity contribution in [3.63, 3.8) is 0 Å². The molecule has 0 heterocycles. The van der Waals surface area contributed by atoms with Crippen molar-refractivity contribution in [1.29, 1.82) is 0 Å². The van der Waals surface area contributed by atoms with Gasteiger partial charge in [0.15, 0.2) is 0 Å². The van der Waals surface area contributed by atoms with Gasteiger partial charge in [0, 0.05) is 0 Å². The molecular formula is C11H15F. The number of halogens is 1. The minimum absolute atomic E-state index is 0.304. The lowest BCUT2D eigenvalue weighted by Crippen LogP contribution is -2.13. The monoisotopic (exact) mass is 166 g/mol. The van der Waals surface area contributed by atoms with Crippen LogP contribution in [0.4, 0.5) is 4.39 Å². The van der Waals surface area contributed by atoms with Gasteiger partial charge in [0.05, 0.1) is 0 Å². The summed E-state index contributed by atoms with van der Waals surface area (Å²) < 4.78 is 13.6. The van der Waals surface area contributed by atoms with Gasteiger partial charge >= 0.3 is 0 Å². The molecule has 66 valence electrons. The molecule has 0 spiro atoms. The van der Waals surface area contributed by atoms with E-state index in [2.05, 4.69) is 0 Å². The molecule has 0 radical (unpaired) electrons. The zero-order valence-electron chi connectivity index (χ0n) is 7.84. The molecule has 0 aliphatic carbocycles. The van der Waals surface area contributed by atoms with Gasteiger partial charge in [-0.25, -0.2) is 4.39 Å². The number of alkyl halides is 1. The summed E-state index contributed by atoms with van der Waals surface area (Å²) in [6.45, 7) is 5.72. The summed E-state index contributed by atoms with van der Waals surface area (Å²) in [5.74, 6) is 0. The fourth-order valence-electron chi connectivity index (χ4n) is 1.12. The molecule has 1 heteroatoms. The van der Waals surface area contributed by atoms with Crippen LogP contribution in [0.2, 0.25) is 0 Å². The van der Waals surface area contributed by atoms with Crippen LogP contribution in [0, 0.1) is 5.41 Å². The predicted molar refractivity (Wildman–Crippen MR) is 49.7 cm³/mol. The average molecular weight is 166 g/mol. The van der Waals surface area contributed by atoms with E-state index >= 15 is 0 Å². The van der Waals surface area contributed by atoms with E-state index in [0.717, 1.165) is 5.56 Å². The Bertz CT molecular complexity index is 233. The van der Waals surface area contributed by atoms with Gasteiger partial charge in [0.2, 0.25) is 0 Å². The molecule has 0 saturated carbocycles. The van der Waals surface area contributed by atoms with E-state index in [-0.39, 0.29) is 5.41 Å². The summed E-state index contributed by atoms with van der Waals surface area (Å²) in [5, 5.41) is 0. The van der Waals surface area contributed by atoms with E-state index < -0.39 is 6.17 Å². The molecule has 0 unspecified atom stereocenters. The fourth-order valence-corrected chi connectivity index (χ4v) is 1.12. The number of hydrogen-bond acceptors (Lipinski definition) is 0. The molecule has 0 aliphatic heterocycles. The predicted octanol–water partition coefficient (Wildman–Crippen LogP) is 3.74.